The number of pyridine rings is 1. The lowest BCUT2D eigenvalue weighted by atomic mass is 9.78. The van der Waals surface area contributed by atoms with Crippen LogP contribution in [0.3, 0.4) is 0 Å². The first-order chi connectivity index (χ1) is 21.4. The van der Waals surface area contributed by atoms with Crippen molar-refractivity contribution in [3.05, 3.63) is 76.5 Å². The molecule has 1 saturated carbocycles. The third-order valence-corrected chi connectivity index (χ3v) is 9.47. The summed E-state index contributed by atoms with van der Waals surface area (Å²) in [6.07, 6.45) is 1.87. The number of methoxy groups -OCH3 is 1. The molecule has 2 saturated heterocycles. The van der Waals surface area contributed by atoms with Gasteiger partial charge in [0.25, 0.3) is 5.92 Å². The Morgan fingerprint density at radius 2 is 1.69 bits per heavy atom. The number of carbonyl (C=O) groups excluding carboxylic acids is 1. The number of ether oxygens (including phenoxy) is 2. The molecule has 2 aliphatic heterocycles. The Morgan fingerprint density at radius 1 is 1.00 bits per heavy atom. The number of carboxylic acids is 1. The average molecular weight is 620 g/mol. The number of aromatic nitrogens is 1. The van der Waals surface area contributed by atoms with Crippen molar-refractivity contribution in [1.82, 2.24) is 9.88 Å². The molecule has 8 nitrogen and oxygen atoms in total. The molecule has 6 rings (SSSR count). The van der Waals surface area contributed by atoms with Gasteiger partial charge >= 0.3 is 12.1 Å². The standard InChI is InChI=1S/C35H39F2N3O5/c1-20-13-21(2)15-26(14-20)32-22(3)40(34(43)45-32)17-29-27(10-12-31(38-29)39-18-35(36,37)19-39)28-16-25(9-11-30(28)44-4)23-5-7-24(8-6-23)33(41)42/h9-16,22-24,32H,5-8,17-19H2,1-4H3,(H,41,42)/t22-,23?,24?,32-/m0/s1. The van der Waals surface area contributed by atoms with Crippen molar-refractivity contribution in [3.8, 4) is 16.9 Å². The smallest absolute Gasteiger partial charge is 0.411 e. The van der Waals surface area contributed by atoms with Crippen LogP contribution >= 0.6 is 0 Å². The van der Waals surface area contributed by atoms with E-state index in [0.29, 0.717) is 30.1 Å². The number of nitrogens with zero attached hydrogens (tertiary/aromatic N) is 3. The van der Waals surface area contributed by atoms with Crippen LogP contribution < -0.4 is 9.64 Å². The van der Waals surface area contributed by atoms with Gasteiger partial charge in [-0.15, -0.1) is 0 Å². The predicted molar refractivity (Wildman–Crippen MR) is 166 cm³/mol. The molecule has 1 N–H and O–H groups in total. The lowest BCUT2D eigenvalue weighted by Crippen LogP contribution is -2.56. The number of rotatable bonds is 8. The molecule has 10 heteroatoms. The maximum Gasteiger partial charge on any atom is 0.411 e. The fraction of sp³-hybridized carbons (Fsp3) is 0.457. The van der Waals surface area contributed by atoms with Crippen LogP contribution in [0, 0.1) is 19.8 Å². The van der Waals surface area contributed by atoms with E-state index in [-0.39, 0.29) is 24.4 Å². The molecule has 3 aromatic rings. The number of cyclic esters (lactones) is 1. The zero-order chi connectivity index (χ0) is 32.0. The first-order valence-electron chi connectivity index (χ1n) is 15.5. The quantitative estimate of drug-likeness (QED) is 0.284. The normalized spacial score (nSPS) is 24.3. The summed E-state index contributed by atoms with van der Waals surface area (Å²) in [6.45, 7) is 5.26. The van der Waals surface area contributed by atoms with Gasteiger partial charge < -0.3 is 19.5 Å². The van der Waals surface area contributed by atoms with Crippen molar-refractivity contribution in [1.29, 1.82) is 0 Å². The van der Waals surface area contributed by atoms with Gasteiger partial charge in [0, 0.05) is 11.1 Å². The van der Waals surface area contributed by atoms with Gasteiger partial charge in [0.15, 0.2) is 0 Å². The van der Waals surface area contributed by atoms with E-state index in [1.807, 2.05) is 51.1 Å². The molecule has 1 aromatic heterocycles. The molecule has 1 amide bonds. The average Bonchev–Trinajstić information content (AvgIpc) is 3.27. The summed E-state index contributed by atoms with van der Waals surface area (Å²) in [6, 6.07) is 15.4. The Bertz CT molecular complexity index is 1590. The van der Waals surface area contributed by atoms with Crippen LogP contribution in [-0.2, 0) is 16.1 Å². The highest BCUT2D eigenvalue weighted by Crippen LogP contribution is 2.42. The number of carboxylic acid groups (broad SMARTS) is 1. The van der Waals surface area contributed by atoms with Gasteiger partial charge in [0.05, 0.1) is 44.4 Å². The monoisotopic (exact) mass is 619 g/mol. The molecule has 3 aliphatic rings. The van der Waals surface area contributed by atoms with Gasteiger partial charge in [0.2, 0.25) is 0 Å². The van der Waals surface area contributed by atoms with Crippen molar-refractivity contribution in [3.63, 3.8) is 0 Å². The van der Waals surface area contributed by atoms with Crippen molar-refractivity contribution < 1.29 is 33.0 Å². The minimum Gasteiger partial charge on any atom is -0.496 e. The summed E-state index contributed by atoms with van der Waals surface area (Å²) in [5, 5.41) is 9.45. The number of aryl methyl sites for hydroxylation is 2. The van der Waals surface area contributed by atoms with Crippen LogP contribution in [0.1, 0.15) is 72.6 Å². The summed E-state index contributed by atoms with van der Waals surface area (Å²) in [4.78, 5) is 32.9. The van der Waals surface area contributed by atoms with E-state index in [4.69, 9.17) is 14.5 Å². The maximum absolute atomic E-state index is 13.8. The number of benzene rings is 2. The Balaban J connectivity index is 1.35. The van der Waals surface area contributed by atoms with E-state index >= 15 is 0 Å². The second kappa shape index (κ2) is 11.9. The fourth-order valence-electron chi connectivity index (χ4n) is 7.06. The van der Waals surface area contributed by atoms with E-state index in [1.54, 1.807) is 18.1 Å². The number of anilines is 1. The van der Waals surface area contributed by atoms with Gasteiger partial charge in [-0.3, -0.25) is 9.69 Å². The molecular formula is C35H39F2N3O5. The van der Waals surface area contributed by atoms with Crippen LogP contribution in [0.25, 0.3) is 11.1 Å². The Morgan fingerprint density at radius 3 is 2.31 bits per heavy atom. The van der Waals surface area contributed by atoms with Crippen LogP contribution in [-0.4, -0.2) is 59.2 Å². The van der Waals surface area contributed by atoms with Gasteiger partial charge in [-0.1, -0.05) is 35.4 Å². The minimum absolute atomic E-state index is 0.117. The Labute approximate surface area is 262 Å². The van der Waals surface area contributed by atoms with E-state index in [9.17, 15) is 23.5 Å². The lowest BCUT2D eigenvalue weighted by Gasteiger charge is -2.39. The zero-order valence-electron chi connectivity index (χ0n) is 26.1. The molecule has 1 aliphatic carbocycles. The summed E-state index contributed by atoms with van der Waals surface area (Å²) < 4.78 is 39.3. The molecule has 45 heavy (non-hydrogen) atoms. The fourth-order valence-corrected chi connectivity index (χ4v) is 7.06. The molecule has 238 valence electrons. The largest absolute Gasteiger partial charge is 0.496 e. The SMILES string of the molecule is COc1ccc(C2CCC(C(=O)O)CC2)cc1-c1ccc(N2CC(F)(F)C2)nc1CN1C(=O)O[C@H](c2cc(C)cc(C)c2)[C@@H]1C. The Hall–Kier alpha value is -4.21. The first kappa shape index (κ1) is 30.8. The highest BCUT2D eigenvalue weighted by molar-refractivity contribution is 5.76. The molecule has 3 heterocycles. The highest BCUT2D eigenvalue weighted by atomic mass is 19.3. The number of hydrogen-bond donors (Lipinski definition) is 1. The number of hydrogen-bond acceptors (Lipinski definition) is 6. The minimum atomic E-state index is -2.76. The third kappa shape index (κ3) is 6.19. The van der Waals surface area contributed by atoms with Gasteiger partial charge in [0.1, 0.15) is 17.7 Å². The summed E-state index contributed by atoms with van der Waals surface area (Å²) in [5.74, 6) is -2.57. The predicted octanol–water partition coefficient (Wildman–Crippen LogP) is 7.27. The summed E-state index contributed by atoms with van der Waals surface area (Å²) in [5.41, 5.74) is 6.24. The summed E-state index contributed by atoms with van der Waals surface area (Å²) in [7, 11) is 1.59. The molecule has 0 radical (unpaired) electrons. The third-order valence-electron chi connectivity index (χ3n) is 9.47. The number of alkyl halides is 2. The van der Waals surface area contributed by atoms with Gasteiger partial charge in [-0.2, -0.15) is 0 Å². The number of aliphatic carboxylic acids is 1. The van der Waals surface area contributed by atoms with E-state index < -0.39 is 37.2 Å². The zero-order valence-corrected chi connectivity index (χ0v) is 26.1. The molecule has 2 atom stereocenters. The van der Waals surface area contributed by atoms with E-state index in [1.165, 1.54) is 4.90 Å². The molecule has 0 spiro atoms. The maximum atomic E-state index is 13.8. The number of amides is 1. The number of halogens is 2. The van der Waals surface area contributed by atoms with Crippen LogP contribution in [0.5, 0.6) is 5.75 Å². The second-order valence-corrected chi connectivity index (χ2v) is 12.8. The van der Waals surface area contributed by atoms with Gasteiger partial charge in [-0.05, 0) is 87.8 Å². The van der Waals surface area contributed by atoms with E-state index in [0.717, 1.165) is 46.2 Å². The van der Waals surface area contributed by atoms with Crippen molar-refractivity contribution >= 4 is 17.9 Å². The highest BCUT2D eigenvalue weighted by Gasteiger charge is 2.45. The lowest BCUT2D eigenvalue weighted by molar-refractivity contribution is -0.142. The van der Waals surface area contributed by atoms with Crippen molar-refractivity contribution in [2.75, 3.05) is 25.1 Å². The molecule has 0 unspecified atom stereocenters. The van der Waals surface area contributed by atoms with Gasteiger partial charge in [-0.25, -0.2) is 18.6 Å². The van der Waals surface area contributed by atoms with Crippen LogP contribution in [0.4, 0.5) is 19.4 Å². The van der Waals surface area contributed by atoms with Crippen LogP contribution in [0.15, 0.2) is 48.5 Å². The Kier molecular flexibility index (Phi) is 8.18. The topological polar surface area (TPSA) is 92.2 Å². The molecular weight excluding hydrogens is 580 g/mol. The number of carbonyl (C=O) groups is 2. The molecule has 0 bridgehead atoms. The first-order valence-corrected chi connectivity index (χ1v) is 15.5. The van der Waals surface area contributed by atoms with E-state index in [2.05, 4.69) is 12.1 Å². The summed E-state index contributed by atoms with van der Waals surface area (Å²) >= 11 is 0. The molecule has 2 aromatic carbocycles. The second-order valence-electron chi connectivity index (χ2n) is 12.8. The van der Waals surface area contributed by atoms with Crippen molar-refractivity contribution in [2.45, 2.75) is 77.0 Å². The van der Waals surface area contributed by atoms with Crippen LogP contribution in [0.2, 0.25) is 0 Å². The molecule has 3 fully saturated rings. The van der Waals surface area contributed by atoms with Crippen molar-refractivity contribution in [2.24, 2.45) is 5.92 Å².